The maximum absolute atomic E-state index is 14.1. The zero-order valence-electron chi connectivity index (χ0n) is 52.4. The Bertz CT molecular complexity index is 2750. The van der Waals surface area contributed by atoms with Crippen molar-refractivity contribution in [2.24, 2.45) is 29.0 Å². The number of carbonyl (C=O) groups is 16. The summed E-state index contributed by atoms with van der Waals surface area (Å²) in [4.78, 5) is 207. The summed E-state index contributed by atoms with van der Waals surface area (Å²) in [5.74, 6) is -15.8. The van der Waals surface area contributed by atoms with Gasteiger partial charge in [0.2, 0.25) is 76.8 Å². The predicted octanol–water partition coefficient (Wildman–Crippen LogP) is -5.27. The third-order valence-corrected chi connectivity index (χ3v) is 14.6. The van der Waals surface area contributed by atoms with E-state index in [0.29, 0.717) is 24.8 Å². The highest BCUT2D eigenvalue weighted by Gasteiger charge is 2.36. The molecule has 0 radical (unpaired) electrons. The molecule has 0 unspecified atom stereocenters. The van der Waals surface area contributed by atoms with Crippen LogP contribution in [0.2, 0.25) is 0 Å². The van der Waals surface area contributed by atoms with Crippen molar-refractivity contribution in [2.45, 2.75) is 179 Å². The summed E-state index contributed by atoms with van der Waals surface area (Å²) in [5.41, 5.74) is 17.4. The van der Waals surface area contributed by atoms with E-state index in [4.69, 9.17) is 22.3 Å². The van der Waals surface area contributed by atoms with Gasteiger partial charge in [-0.2, -0.15) is 0 Å². The number of carboxylic acids is 3. The topological polar surface area (TPSA) is 547 Å². The van der Waals surface area contributed by atoms with E-state index in [0.717, 1.165) is 4.90 Å². The first kappa shape index (κ1) is 78.8. The van der Waals surface area contributed by atoms with E-state index in [2.05, 4.69) is 58.5 Å². The van der Waals surface area contributed by atoms with Gasteiger partial charge in [0.25, 0.3) is 0 Å². The van der Waals surface area contributed by atoms with Crippen LogP contribution in [0.15, 0.2) is 30.3 Å². The van der Waals surface area contributed by atoms with Crippen molar-refractivity contribution in [2.75, 3.05) is 39.3 Å². The van der Waals surface area contributed by atoms with Gasteiger partial charge in [-0.05, 0) is 88.7 Å². The summed E-state index contributed by atoms with van der Waals surface area (Å²) in [6.45, 7) is 5.68. The summed E-state index contributed by atoms with van der Waals surface area (Å²) in [7, 11) is 0. The average molecular weight is 1300 g/mol. The van der Waals surface area contributed by atoms with Crippen LogP contribution in [0.5, 0.6) is 0 Å². The van der Waals surface area contributed by atoms with Crippen LogP contribution in [0.1, 0.15) is 124 Å². The lowest BCUT2D eigenvalue weighted by Crippen LogP contribution is -2.58. The lowest BCUT2D eigenvalue weighted by molar-refractivity contribution is -0.148. The number of nitrogens with two attached hydrogens (primary N) is 3. The Morgan fingerprint density at radius 1 is 0.543 bits per heavy atom. The Morgan fingerprint density at radius 2 is 1.03 bits per heavy atom. The molecule has 20 N–H and O–H groups in total. The quantitative estimate of drug-likeness (QED) is 0.0272. The molecule has 0 spiro atoms. The highest BCUT2D eigenvalue weighted by molar-refractivity contribution is 5.98. The van der Waals surface area contributed by atoms with E-state index in [1.165, 1.54) is 6.92 Å². The van der Waals surface area contributed by atoms with Crippen molar-refractivity contribution in [1.29, 1.82) is 0 Å². The van der Waals surface area contributed by atoms with Crippen LogP contribution < -0.4 is 75.7 Å². The van der Waals surface area contributed by atoms with Crippen LogP contribution >= 0.6 is 0 Å². The van der Waals surface area contributed by atoms with Crippen LogP contribution in [0.3, 0.4) is 0 Å². The molecule has 0 bridgehead atoms. The third-order valence-electron chi connectivity index (χ3n) is 14.6. The summed E-state index contributed by atoms with van der Waals surface area (Å²) < 4.78 is 0. The van der Waals surface area contributed by atoms with E-state index in [1.807, 2.05) is 0 Å². The number of carboxylic acid groups (broad SMARTS) is 3. The molecule has 34 nitrogen and oxygen atoms in total. The van der Waals surface area contributed by atoms with E-state index < -0.39 is 207 Å². The van der Waals surface area contributed by atoms with Gasteiger partial charge in [-0.3, -0.25) is 71.9 Å². The molecule has 0 aliphatic carbocycles. The Labute approximate surface area is 531 Å². The van der Waals surface area contributed by atoms with Crippen molar-refractivity contribution in [3.8, 4) is 0 Å². The van der Waals surface area contributed by atoms with Gasteiger partial charge in [0.15, 0.2) is 0 Å². The molecular weight excluding hydrogens is 1210 g/mol. The van der Waals surface area contributed by atoms with E-state index in [9.17, 15) is 86.9 Å². The number of hydrogen-bond donors (Lipinski definition) is 17. The van der Waals surface area contributed by atoms with Crippen molar-refractivity contribution < 1.29 is 92.0 Å². The Kier molecular flexibility index (Phi) is 35.2. The second-order valence-corrected chi connectivity index (χ2v) is 22.6. The van der Waals surface area contributed by atoms with Gasteiger partial charge < -0.3 is 95.9 Å². The van der Waals surface area contributed by atoms with E-state index in [1.54, 1.807) is 58.0 Å². The summed E-state index contributed by atoms with van der Waals surface area (Å²) >= 11 is 0. The number of hydrogen-bond acceptors (Lipinski definition) is 18. The van der Waals surface area contributed by atoms with Crippen molar-refractivity contribution in [3.63, 3.8) is 0 Å². The summed E-state index contributed by atoms with van der Waals surface area (Å²) in [5, 5.41) is 54.6. The minimum absolute atomic E-state index is 0.0437. The van der Waals surface area contributed by atoms with Gasteiger partial charge in [-0.1, -0.05) is 64.4 Å². The lowest BCUT2D eigenvalue weighted by atomic mass is 9.98. The number of nitrogens with one attached hydrogen (secondary N) is 11. The van der Waals surface area contributed by atoms with Gasteiger partial charge in [0, 0.05) is 32.2 Å². The minimum Gasteiger partial charge on any atom is -0.481 e. The number of likely N-dealkylation sites (tertiary alicyclic amines) is 1. The predicted molar refractivity (Wildman–Crippen MR) is 326 cm³/mol. The van der Waals surface area contributed by atoms with Crippen molar-refractivity contribution in [1.82, 2.24) is 63.4 Å². The number of unbranched alkanes of at least 4 members (excludes halogenated alkanes) is 1. The second-order valence-electron chi connectivity index (χ2n) is 22.6. The number of aliphatic carboxylic acids is 3. The lowest BCUT2D eigenvalue weighted by Gasteiger charge is -2.26. The number of carbonyl (C=O) groups excluding carboxylic acids is 13. The highest BCUT2D eigenvalue weighted by atomic mass is 16.4. The van der Waals surface area contributed by atoms with Gasteiger partial charge in [-0.15, -0.1) is 0 Å². The van der Waals surface area contributed by atoms with Gasteiger partial charge in [0.05, 0.1) is 32.2 Å². The van der Waals surface area contributed by atoms with Crippen LogP contribution in [0.4, 0.5) is 0 Å². The van der Waals surface area contributed by atoms with Crippen LogP contribution in [-0.4, -0.2) is 209 Å². The molecule has 0 saturated carbocycles. The van der Waals surface area contributed by atoms with Crippen LogP contribution in [-0.2, 0) is 83.1 Å². The summed E-state index contributed by atoms with van der Waals surface area (Å²) in [6, 6.07) is -3.66. The molecule has 512 valence electrons. The second kappa shape index (κ2) is 41.1. The molecule has 1 aliphatic rings. The van der Waals surface area contributed by atoms with Gasteiger partial charge in [-0.25, -0.2) is 4.79 Å². The van der Waals surface area contributed by atoms with Crippen LogP contribution in [0, 0.1) is 11.8 Å². The fourth-order valence-electron chi connectivity index (χ4n) is 9.25. The molecule has 1 fully saturated rings. The maximum Gasteiger partial charge on any atom is 0.326 e. The molecule has 0 aromatic heterocycles. The minimum atomic E-state index is -1.67. The van der Waals surface area contributed by atoms with Crippen molar-refractivity contribution >= 4 is 94.7 Å². The van der Waals surface area contributed by atoms with Gasteiger partial charge in [0.1, 0.15) is 48.3 Å². The molecule has 1 aliphatic heterocycles. The number of primary amides is 1. The molecule has 1 aromatic carbocycles. The van der Waals surface area contributed by atoms with E-state index in [-0.39, 0.29) is 64.0 Å². The van der Waals surface area contributed by atoms with E-state index >= 15 is 0 Å². The molecule has 13 amide bonds. The molecule has 1 heterocycles. The highest BCUT2D eigenvalue weighted by Crippen LogP contribution is 2.18. The molecular formula is C58H91N15O19. The van der Waals surface area contributed by atoms with Crippen LogP contribution in [0.25, 0.3) is 0 Å². The smallest absolute Gasteiger partial charge is 0.326 e. The first-order chi connectivity index (χ1) is 43.4. The number of nitrogens with zero attached hydrogens (tertiary/aromatic N) is 1. The largest absolute Gasteiger partial charge is 0.481 e. The fourth-order valence-corrected chi connectivity index (χ4v) is 9.25. The first-order valence-electron chi connectivity index (χ1n) is 30.3. The SMILES string of the molecule is CC[C@H](C)[C@H](NC(=O)CNC(=O)[C@H](CC(C)C)NC(=O)[C@@H](N)CCC(=O)O)C(=O)N[C@@H](C)C(=O)NCC(=O)N[C@@H](Cc1ccccc1)C(=O)N[C@@H](CCCCN)C(=O)NCC(=O)N[C@@H](CCC(=O)O)C(=O)N[C@@H](CCC(N)=O)C(=O)NCC(=O)N1CCC[C@H]1C(=O)O. The Balaban J connectivity index is 2.17. The standard InChI is InChI=1S/C58H91N15O19/c1-6-32(4)49(72-45(77)29-64-54(87)39(25-31(2)3)71-51(84)35(60)17-21-47(79)80)57(90)66-33(5)50(83)62-27-44(76)68-40(26-34-13-8-7-9-14-34)56(89)69-36(15-10-11-23-59)52(85)63-28-43(75)67-38(19-22-48(81)82)55(88)70-37(18-20-42(61)74)53(86)65-30-46(78)73-24-12-16-41(73)58(91)92/h7-9,13-14,31-33,35-41,49H,6,10-12,15-30,59-60H2,1-5H3,(H2,61,74)(H,62,83)(H,63,85)(H,64,87)(H,65,86)(H,66,90)(H,67,75)(H,68,76)(H,69,89)(H,70,88)(H,71,84)(H,72,77)(H,79,80)(H,81,82)(H,91,92)/t32-,33-,35-,36-,37-,38-,39-,40-,41-,49-/m0/s1. The Morgan fingerprint density at radius 3 is 1.58 bits per heavy atom. The number of rotatable bonds is 43. The van der Waals surface area contributed by atoms with Gasteiger partial charge >= 0.3 is 17.9 Å². The zero-order valence-corrected chi connectivity index (χ0v) is 52.4. The maximum atomic E-state index is 14.1. The monoisotopic (exact) mass is 1300 g/mol. The first-order valence-corrected chi connectivity index (χ1v) is 30.3. The number of amides is 13. The normalized spacial score (nSPS) is 15.5. The fraction of sp³-hybridized carbons (Fsp3) is 0.621. The zero-order chi connectivity index (χ0) is 69.2. The molecule has 10 atom stereocenters. The number of benzene rings is 1. The molecule has 92 heavy (non-hydrogen) atoms. The molecule has 1 saturated heterocycles. The van der Waals surface area contributed by atoms with Crippen molar-refractivity contribution in [3.05, 3.63) is 35.9 Å². The summed E-state index contributed by atoms with van der Waals surface area (Å²) in [6.07, 6.45) is -1.07. The molecule has 1 aromatic rings. The third kappa shape index (κ3) is 30.0. The molecule has 34 heteroatoms. The molecule has 2 rings (SSSR count). The Hall–Kier alpha value is -9.34. The average Bonchev–Trinajstić information content (AvgIpc) is 1.67.